The lowest BCUT2D eigenvalue weighted by molar-refractivity contribution is 0.573. The van der Waals surface area contributed by atoms with Gasteiger partial charge in [0.05, 0.1) is 11.2 Å². The summed E-state index contributed by atoms with van der Waals surface area (Å²) in [5, 5.41) is 1.03. The van der Waals surface area contributed by atoms with Gasteiger partial charge in [-0.1, -0.05) is 11.3 Å². The summed E-state index contributed by atoms with van der Waals surface area (Å²) in [6, 6.07) is 0. The first-order valence-corrected chi connectivity index (χ1v) is 6.50. The SMILES string of the molecule is Cc1nc2ncc(N3CCCCC3)nc2s1. The van der Waals surface area contributed by atoms with E-state index in [1.54, 1.807) is 11.3 Å². The maximum atomic E-state index is 4.64. The molecule has 1 fully saturated rings. The molecule has 3 rings (SSSR count). The molecule has 2 aromatic rings. The highest BCUT2D eigenvalue weighted by atomic mass is 32.1. The minimum absolute atomic E-state index is 0.781. The Morgan fingerprint density at radius 1 is 1.19 bits per heavy atom. The van der Waals surface area contributed by atoms with Gasteiger partial charge in [0.15, 0.2) is 10.5 Å². The minimum atomic E-state index is 0.781. The summed E-state index contributed by atoms with van der Waals surface area (Å²) in [4.78, 5) is 16.6. The van der Waals surface area contributed by atoms with Crippen LogP contribution in [0.3, 0.4) is 0 Å². The number of hydrogen-bond acceptors (Lipinski definition) is 5. The Morgan fingerprint density at radius 3 is 2.81 bits per heavy atom. The van der Waals surface area contributed by atoms with Gasteiger partial charge in [0, 0.05) is 13.1 Å². The van der Waals surface area contributed by atoms with Gasteiger partial charge in [0.2, 0.25) is 0 Å². The van der Waals surface area contributed by atoms with Crippen molar-refractivity contribution in [2.75, 3.05) is 18.0 Å². The van der Waals surface area contributed by atoms with Crippen LogP contribution < -0.4 is 4.90 Å². The third kappa shape index (κ3) is 1.75. The molecule has 0 spiro atoms. The molecule has 2 aromatic heterocycles. The molecule has 16 heavy (non-hydrogen) atoms. The van der Waals surface area contributed by atoms with Crippen LogP contribution >= 0.6 is 11.3 Å². The molecule has 0 amide bonds. The molecule has 84 valence electrons. The Morgan fingerprint density at radius 2 is 2.00 bits per heavy atom. The van der Waals surface area contributed by atoms with E-state index in [1.807, 2.05) is 13.1 Å². The van der Waals surface area contributed by atoms with E-state index in [0.717, 1.165) is 34.4 Å². The Hall–Kier alpha value is -1.23. The number of rotatable bonds is 1. The highest BCUT2D eigenvalue weighted by Crippen LogP contribution is 2.22. The highest BCUT2D eigenvalue weighted by molar-refractivity contribution is 7.18. The number of aromatic nitrogens is 3. The molecule has 0 N–H and O–H groups in total. The topological polar surface area (TPSA) is 41.9 Å². The number of hydrogen-bond donors (Lipinski definition) is 0. The summed E-state index contributed by atoms with van der Waals surface area (Å²) in [5.41, 5.74) is 0.781. The van der Waals surface area contributed by atoms with Crippen LogP contribution in [0.2, 0.25) is 0 Å². The summed E-state index contributed by atoms with van der Waals surface area (Å²) < 4.78 is 0. The third-order valence-corrected chi connectivity index (χ3v) is 3.75. The van der Waals surface area contributed by atoms with E-state index in [0.29, 0.717) is 0 Å². The highest BCUT2D eigenvalue weighted by Gasteiger charge is 2.13. The van der Waals surface area contributed by atoms with E-state index in [4.69, 9.17) is 0 Å². The predicted octanol–water partition coefficient (Wildman–Crippen LogP) is 2.39. The monoisotopic (exact) mass is 234 g/mol. The molecule has 0 aromatic carbocycles. The van der Waals surface area contributed by atoms with Gasteiger partial charge in [0.1, 0.15) is 5.82 Å². The number of fused-ring (bicyclic) bond motifs is 1. The molecule has 0 saturated carbocycles. The summed E-state index contributed by atoms with van der Waals surface area (Å²) in [6.45, 7) is 4.21. The van der Waals surface area contributed by atoms with Crippen LogP contribution in [-0.4, -0.2) is 28.0 Å². The lowest BCUT2D eigenvalue weighted by Gasteiger charge is -2.27. The molecule has 0 bridgehead atoms. The fourth-order valence-electron chi connectivity index (χ4n) is 2.09. The zero-order valence-electron chi connectivity index (χ0n) is 9.31. The first-order chi connectivity index (χ1) is 7.83. The normalized spacial score (nSPS) is 16.9. The number of thiazole rings is 1. The molecule has 1 saturated heterocycles. The smallest absolute Gasteiger partial charge is 0.189 e. The molecular weight excluding hydrogens is 220 g/mol. The molecule has 1 aliphatic heterocycles. The van der Waals surface area contributed by atoms with Crippen LogP contribution in [-0.2, 0) is 0 Å². The van der Waals surface area contributed by atoms with Crippen molar-refractivity contribution in [2.24, 2.45) is 0 Å². The van der Waals surface area contributed by atoms with Crippen LogP contribution in [0.25, 0.3) is 10.5 Å². The van der Waals surface area contributed by atoms with Crippen molar-refractivity contribution in [3.8, 4) is 0 Å². The van der Waals surface area contributed by atoms with Gasteiger partial charge in [-0.25, -0.2) is 15.0 Å². The number of nitrogens with zero attached hydrogens (tertiary/aromatic N) is 4. The summed E-state index contributed by atoms with van der Waals surface area (Å²) in [7, 11) is 0. The number of anilines is 1. The van der Waals surface area contributed by atoms with Crippen LogP contribution in [0.1, 0.15) is 24.3 Å². The maximum Gasteiger partial charge on any atom is 0.189 e. The van der Waals surface area contributed by atoms with Crippen molar-refractivity contribution >= 4 is 27.6 Å². The number of piperidine rings is 1. The second-order valence-corrected chi connectivity index (χ2v) is 5.32. The summed E-state index contributed by atoms with van der Waals surface area (Å²) in [6.07, 6.45) is 5.72. The standard InChI is InChI=1S/C11H14N4S/c1-8-13-10-11(16-8)14-9(7-12-10)15-5-3-2-4-6-15/h7H,2-6H2,1H3. The fourth-order valence-corrected chi connectivity index (χ4v) is 2.83. The van der Waals surface area contributed by atoms with Gasteiger partial charge in [0.25, 0.3) is 0 Å². The molecule has 4 nitrogen and oxygen atoms in total. The van der Waals surface area contributed by atoms with Crippen molar-refractivity contribution in [3.05, 3.63) is 11.2 Å². The Bertz CT molecular complexity index is 502. The first kappa shape index (κ1) is 9.96. The Balaban J connectivity index is 1.97. The van der Waals surface area contributed by atoms with Crippen molar-refractivity contribution in [3.63, 3.8) is 0 Å². The zero-order valence-corrected chi connectivity index (χ0v) is 10.1. The maximum absolute atomic E-state index is 4.64. The minimum Gasteiger partial charge on any atom is -0.355 e. The lowest BCUT2D eigenvalue weighted by Crippen LogP contribution is -2.30. The van der Waals surface area contributed by atoms with Crippen LogP contribution in [0.4, 0.5) is 5.82 Å². The second-order valence-electron chi connectivity index (χ2n) is 4.14. The fraction of sp³-hybridized carbons (Fsp3) is 0.545. The average Bonchev–Trinajstić information content (AvgIpc) is 2.69. The molecule has 1 aliphatic rings. The van der Waals surface area contributed by atoms with E-state index < -0.39 is 0 Å². The van der Waals surface area contributed by atoms with Crippen molar-refractivity contribution in [2.45, 2.75) is 26.2 Å². The van der Waals surface area contributed by atoms with Gasteiger partial charge in [-0.2, -0.15) is 0 Å². The quantitative estimate of drug-likeness (QED) is 0.759. The van der Waals surface area contributed by atoms with E-state index in [2.05, 4.69) is 19.9 Å². The number of aryl methyl sites for hydroxylation is 1. The van der Waals surface area contributed by atoms with Crippen LogP contribution in [0.5, 0.6) is 0 Å². The van der Waals surface area contributed by atoms with Gasteiger partial charge in [-0.05, 0) is 26.2 Å². The van der Waals surface area contributed by atoms with Gasteiger partial charge in [-0.3, -0.25) is 0 Å². The Kier molecular flexibility index (Phi) is 2.47. The van der Waals surface area contributed by atoms with E-state index >= 15 is 0 Å². The van der Waals surface area contributed by atoms with E-state index in [-0.39, 0.29) is 0 Å². The van der Waals surface area contributed by atoms with Gasteiger partial charge < -0.3 is 4.90 Å². The second kappa shape index (κ2) is 3.97. The van der Waals surface area contributed by atoms with Gasteiger partial charge in [-0.15, -0.1) is 0 Å². The largest absolute Gasteiger partial charge is 0.355 e. The third-order valence-electron chi connectivity index (χ3n) is 2.90. The predicted molar refractivity (Wildman–Crippen MR) is 66.0 cm³/mol. The lowest BCUT2D eigenvalue weighted by atomic mass is 10.1. The molecule has 0 radical (unpaired) electrons. The molecule has 5 heteroatoms. The van der Waals surface area contributed by atoms with E-state index in [9.17, 15) is 0 Å². The molecule has 0 atom stereocenters. The summed E-state index contributed by atoms with van der Waals surface area (Å²) in [5.74, 6) is 1.01. The molecular formula is C11H14N4S. The van der Waals surface area contributed by atoms with Crippen molar-refractivity contribution in [1.29, 1.82) is 0 Å². The first-order valence-electron chi connectivity index (χ1n) is 5.68. The van der Waals surface area contributed by atoms with Crippen LogP contribution in [0, 0.1) is 6.92 Å². The molecule has 0 aliphatic carbocycles. The van der Waals surface area contributed by atoms with Crippen LogP contribution in [0.15, 0.2) is 6.20 Å². The van der Waals surface area contributed by atoms with Gasteiger partial charge >= 0.3 is 0 Å². The van der Waals surface area contributed by atoms with Crippen molar-refractivity contribution < 1.29 is 0 Å². The summed E-state index contributed by atoms with van der Waals surface area (Å²) >= 11 is 1.62. The van der Waals surface area contributed by atoms with E-state index in [1.165, 1.54) is 19.3 Å². The van der Waals surface area contributed by atoms with Crippen molar-refractivity contribution in [1.82, 2.24) is 15.0 Å². The molecule has 3 heterocycles. The Labute approximate surface area is 98.4 Å². The molecule has 0 unspecified atom stereocenters. The zero-order chi connectivity index (χ0) is 11.0. The average molecular weight is 234 g/mol.